The lowest BCUT2D eigenvalue weighted by molar-refractivity contribution is -0.138. The number of aliphatic carboxylic acids is 1. The van der Waals surface area contributed by atoms with Gasteiger partial charge in [0.1, 0.15) is 23.7 Å². The molecule has 0 aliphatic rings. The second kappa shape index (κ2) is 4.69. The molecule has 3 aromatic rings. The third-order valence-corrected chi connectivity index (χ3v) is 3.31. The minimum atomic E-state index is -1.14. The summed E-state index contributed by atoms with van der Waals surface area (Å²) in [5.41, 5.74) is 0.463. The number of aromatic nitrogens is 3. The molecule has 2 aromatic heterocycles. The van der Waals surface area contributed by atoms with Crippen LogP contribution in [-0.4, -0.2) is 25.3 Å². The van der Waals surface area contributed by atoms with Crippen molar-refractivity contribution in [3.63, 3.8) is 0 Å². The van der Waals surface area contributed by atoms with Crippen LogP contribution in [0.4, 0.5) is 4.39 Å². The van der Waals surface area contributed by atoms with Crippen LogP contribution in [0.25, 0.3) is 16.4 Å². The molecule has 7 heteroatoms. The molecule has 6 nitrogen and oxygen atoms in total. The van der Waals surface area contributed by atoms with E-state index in [1.165, 1.54) is 12.1 Å². The standard InChI is InChI=1S/C14H12FN3O3/c1-2-12-16-17(7-13(19)20)14(21)11-6-8-5-9(15)3-4-10(8)18(11)12/h3-6H,2,7H2,1H3,(H,19,20). The average molecular weight is 289 g/mol. The highest BCUT2D eigenvalue weighted by Crippen LogP contribution is 2.20. The zero-order chi connectivity index (χ0) is 15.1. The van der Waals surface area contributed by atoms with Crippen molar-refractivity contribution in [3.05, 3.63) is 46.3 Å². The maximum Gasteiger partial charge on any atom is 0.325 e. The van der Waals surface area contributed by atoms with Gasteiger partial charge in [-0.1, -0.05) is 6.92 Å². The Kier molecular flexibility index (Phi) is 2.97. The van der Waals surface area contributed by atoms with Crippen LogP contribution in [0.1, 0.15) is 12.7 Å². The van der Waals surface area contributed by atoms with Crippen molar-refractivity contribution in [1.82, 2.24) is 14.2 Å². The highest BCUT2D eigenvalue weighted by atomic mass is 19.1. The number of aryl methyl sites for hydroxylation is 1. The smallest absolute Gasteiger partial charge is 0.325 e. The summed E-state index contributed by atoms with van der Waals surface area (Å²) >= 11 is 0. The van der Waals surface area contributed by atoms with E-state index in [4.69, 9.17) is 5.11 Å². The number of carbonyl (C=O) groups is 1. The molecule has 0 bridgehead atoms. The predicted octanol–water partition coefficient (Wildman–Crippen LogP) is 1.44. The molecule has 0 radical (unpaired) electrons. The minimum Gasteiger partial charge on any atom is -0.480 e. The van der Waals surface area contributed by atoms with Gasteiger partial charge in [-0.3, -0.25) is 14.0 Å². The zero-order valence-electron chi connectivity index (χ0n) is 11.2. The number of carboxylic acid groups (broad SMARTS) is 1. The Morgan fingerprint density at radius 2 is 2.10 bits per heavy atom. The number of hydrogen-bond acceptors (Lipinski definition) is 3. The van der Waals surface area contributed by atoms with Gasteiger partial charge >= 0.3 is 5.97 Å². The average Bonchev–Trinajstić information content (AvgIpc) is 2.80. The van der Waals surface area contributed by atoms with E-state index in [0.717, 1.165) is 4.68 Å². The summed E-state index contributed by atoms with van der Waals surface area (Å²) in [5, 5.41) is 13.5. The van der Waals surface area contributed by atoms with Crippen LogP contribution in [0, 0.1) is 5.82 Å². The van der Waals surface area contributed by atoms with Gasteiger partial charge in [-0.2, -0.15) is 5.10 Å². The molecule has 1 aromatic carbocycles. The van der Waals surface area contributed by atoms with Gasteiger partial charge in [0.2, 0.25) is 0 Å². The SMILES string of the molecule is CCc1nn(CC(=O)O)c(=O)c2cc3cc(F)ccc3n12. The Labute approximate surface area is 118 Å². The molecule has 0 amide bonds. The molecule has 0 saturated heterocycles. The van der Waals surface area contributed by atoms with E-state index in [0.29, 0.717) is 28.7 Å². The van der Waals surface area contributed by atoms with Gasteiger partial charge in [0.25, 0.3) is 5.56 Å². The van der Waals surface area contributed by atoms with Crippen molar-refractivity contribution in [1.29, 1.82) is 0 Å². The van der Waals surface area contributed by atoms with E-state index in [2.05, 4.69) is 5.10 Å². The summed E-state index contributed by atoms with van der Waals surface area (Å²) in [6.07, 6.45) is 0.511. The third kappa shape index (κ3) is 2.06. The van der Waals surface area contributed by atoms with E-state index in [9.17, 15) is 14.0 Å². The fourth-order valence-electron chi connectivity index (χ4n) is 2.45. The molecule has 21 heavy (non-hydrogen) atoms. The first-order chi connectivity index (χ1) is 10.0. The van der Waals surface area contributed by atoms with Crippen LogP contribution in [0.15, 0.2) is 29.1 Å². The Hall–Kier alpha value is -2.70. The van der Waals surface area contributed by atoms with E-state index >= 15 is 0 Å². The maximum absolute atomic E-state index is 13.3. The molecule has 1 N–H and O–H groups in total. The van der Waals surface area contributed by atoms with Gasteiger partial charge in [0.15, 0.2) is 0 Å². The van der Waals surface area contributed by atoms with Crippen molar-refractivity contribution in [3.8, 4) is 0 Å². The van der Waals surface area contributed by atoms with Gasteiger partial charge in [0.05, 0.1) is 5.52 Å². The van der Waals surface area contributed by atoms with Gasteiger partial charge in [-0.25, -0.2) is 9.07 Å². The van der Waals surface area contributed by atoms with Crippen LogP contribution >= 0.6 is 0 Å². The van der Waals surface area contributed by atoms with Gasteiger partial charge in [-0.15, -0.1) is 0 Å². The van der Waals surface area contributed by atoms with Crippen molar-refractivity contribution in [2.45, 2.75) is 19.9 Å². The molecule has 0 saturated carbocycles. The predicted molar refractivity (Wildman–Crippen MR) is 73.9 cm³/mol. The van der Waals surface area contributed by atoms with E-state index in [1.807, 2.05) is 6.92 Å². The van der Waals surface area contributed by atoms with E-state index < -0.39 is 23.9 Å². The topological polar surface area (TPSA) is 76.6 Å². The third-order valence-electron chi connectivity index (χ3n) is 3.31. The summed E-state index contributed by atoms with van der Waals surface area (Å²) in [6.45, 7) is 1.35. The lowest BCUT2D eigenvalue weighted by Crippen LogP contribution is -2.29. The van der Waals surface area contributed by atoms with E-state index in [-0.39, 0.29) is 0 Å². The van der Waals surface area contributed by atoms with Gasteiger partial charge < -0.3 is 5.11 Å². The molecular weight excluding hydrogens is 277 g/mol. The van der Waals surface area contributed by atoms with Crippen LogP contribution in [0.3, 0.4) is 0 Å². The first kappa shape index (κ1) is 13.3. The number of benzene rings is 1. The molecule has 0 aliphatic heterocycles. The fraction of sp³-hybridized carbons (Fsp3) is 0.214. The largest absolute Gasteiger partial charge is 0.480 e. The molecule has 0 spiro atoms. The summed E-state index contributed by atoms with van der Waals surface area (Å²) in [7, 11) is 0. The lowest BCUT2D eigenvalue weighted by atomic mass is 10.2. The summed E-state index contributed by atoms with van der Waals surface area (Å²) in [6, 6.07) is 5.79. The van der Waals surface area contributed by atoms with Crippen molar-refractivity contribution < 1.29 is 14.3 Å². The Bertz CT molecular complexity index is 926. The van der Waals surface area contributed by atoms with Gasteiger partial charge in [0, 0.05) is 11.8 Å². The van der Waals surface area contributed by atoms with Crippen LogP contribution in [-0.2, 0) is 17.8 Å². The summed E-state index contributed by atoms with van der Waals surface area (Å²) in [5.74, 6) is -0.985. The molecule has 3 rings (SSSR count). The molecule has 108 valence electrons. The van der Waals surface area contributed by atoms with Crippen LogP contribution in [0.5, 0.6) is 0 Å². The zero-order valence-corrected chi connectivity index (χ0v) is 11.2. The monoisotopic (exact) mass is 289 g/mol. The van der Waals surface area contributed by atoms with E-state index in [1.54, 1.807) is 16.5 Å². The molecule has 0 unspecified atom stereocenters. The molecule has 0 fully saturated rings. The number of nitrogens with zero attached hydrogens (tertiary/aromatic N) is 3. The first-order valence-electron chi connectivity index (χ1n) is 6.43. The highest BCUT2D eigenvalue weighted by molar-refractivity contribution is 5.87. The second-order valence-corrected chi connectivity index (χ2v) is 4.69. The molecule has 0 atom stereocenters. The first-order valence-corrected chi connectivity index (χ1v) is 6.43. The summed E-state index contributed by atoms with van der Waals surface area (Å²) in [4.78, 5) is 23.1. The normalized spacial score (nSPS) is 11.3. The van der Waals surface area contributed by atoms with Crippen molar-refractivity contribution in [2.75, 3.05) is 0 Å². The number of hydrogen-bond donors (Lipinski definition) is 1. The number of fused-ring (bicyclic) bond motifs is 3. The Morgan fingerprint density at radius 1 is 1.33 bits per heavy atom. The number of rotatable bonds is 3. The minimum absolute atomic E-state index is 0.295. The Balaban J connectivity index is 2.44. The van der Waals surface area contributed by atoms with Crippen molar-refractivity contribution in [2.24, 2.45) is 0 Å². The lowest BCUT2D eigenvalue weighted by Gasteiger charge is -2.08. The highest BCUT2D eigenvalue weighted by Gasteiger charge is 2.15. The second-order valence-electron chi connectivity index (χ2n) is 4.69. The molecule has 0 aliphatic carbocycles. The molecule has 2 heterocycles. The Morgan fingerprint density at radius 3 is 2.76 bits per heavy atom. The maximum atomic E-state index is 13.3. The van der Waals surface area contributed by atoms with Crippen LogP contribution < -0.4 is 5.56 Å². The van der Waals surface area contributed by atoms with Gasteiger partial charge in [-0.05, 0) is 24.3 Å². The quantitative estimate of drug-likeness (QED) is 0.791. The number of carboxylic acids is 1. The fourth-order valence-corrected chi connectivity index (χ4v) is 2.45. The molecular formula is C14H12FN3O3. The van der Waals surface area contributed by atoms with Crippen molar-refractivity contribution >= 4 is 22.4 Å². The van der Waals surface area contributed by atoms with Crippen LogP contribution in [0.2, 0.25) is 0 Å². The number of halogens is 1. The summed E-state index contributed by atoms with van der Waals surface area (Å²) < 4.78 is 15.9.